The maximum absolute atomic E-state index is 12.0. The lowest BCUT2D eigenvalue weighted by atomic mass is 10.1. The summed E-state index contributed by atoms with van der Waals surface area (Å²) >= 11 is 14.3. The molecule has 2 aromatic heterocycles. The lowest BCUT2D eigenvalue weighted by molar-refractivity contribution is 0.261. The van der Waals surface area contributed by atoms with E-state index in [1.54, 1.807) is 24.5 Å². The standard InChI is InChI=1S/C22H21Cl2N3O2S/c1-25-18-11-16(24)12-19(21(18)29-22(25)28)27-8-6-26(7-9-27)5-4-14-13-30-20-3-2-15(23)10-17(14)20/h2-3,10-13H,4-9H2,1H3. The predicted octanol–water partition coefficient (Wildman–Crippen LogP) is 5.02. The van der Waals surface area contributed by atoms with Crippen molar-refractivity contribution >= 4 is 61.4 Å². The lowest BCUT2D eigenvalue weighted by Gasteiger charge is -2.36. The molecule has 5 nitrogen and oxygen atoms in total. The molecule has 0 radical (unpaired) electrons. The average molecular weight is 462 g/mol. The van der Waals surface area contributed by atoms with E-state index in [0.29, 0.717) is 10.6 Å². The number of halogens is 2. The quantitative estimate of drug-likeness (QED) is 0.427. The zero-order valence-electron chi connectivity index (χ0n) is 16.5. The average Bonchev–Trinajstić information content (AvgIpc) is 3.27. The third kappa shape index (κ3) is 3.62. The zero-order valence-corrected chi connectivity index (χ0v) is 18.9. The van der Waals surface area contributed by atoms with Gasteiger partial charge in [0.1, 0.15) is 0 Å². The number of aromatic nitrogens is 1. The third-order valence-electron chi connectivity index (χ3n) is 5.87. The first-order valence-corrected chi connectivity index (χ1v) is 11.5. The van der Waals surface area contributed by atoms with Gasteiger partial charge in [0.2, 0.25) is 0 Å². The van der Waals surface area contributed by atoms with Gasteiger partial charge in [0.25, 0.3) is 0 Å². The van der Waals surface area contributed by atoms with Crippen LogP contribution < -0.4 is 10.7 Å². The molecule has 0 N–H and O–H groups in total. The molecule has 0 atom stereocenters. The number of oxazole rings is 1. The Labute approximate surface area is 188 Å². The molecule has 0 amide bonds. The number of thiophene rings is 1. The van der Waals surface area contributed by atoms with Gasteiger partial charge in [0.05, 0.1) is 11.2 Å². The number of fused-ring (bicyclic) bond motifs is 2. The van der Waals surface area contributed by atoms with Gasteiger partial charge in [0.15, 0.2) is 5.58 Å². The van der Waals surface area contributed by atoms with Gasteiger partial charge in [-0.25, -0.2) is 4.79 Å². The summed E-state index contributed by atoms with van der Waals surface area (Å²) in [6.07, 6.45) is 1.01. The highest BCUT2D eigenvalue weighted by molar-refractivity contribution is 7.17. The van der Waals surface area contributed by atoms with Crippen molar-refractivity contribution in [2.75, 3.05) is 37.6 Å². The van der Waals surface area contributed by atoms with E-state index in [-0.39, 0.29) is 5.76 Å². The van der Waals surface area contributed by atoms with Gasteiger partial charge in [-0.2, -0.15) is 0 Å². The van der Waals surface area contributed by atoms with E-state index in [2.05, 4.69) is 27.3 Å². The molecule has 0 unspecified atom stereocenters. The van der Waals surface area contributed by atoms with Gasteiger partial charge >= 0.3 is 5.76 Å². The van der Waals surface area contributed by atoms with Crippen molar-refractivity contribution in [2.24, 2.45) is 7.05 Å². The van der Waals surface area contributed by atoms with Crippen molar-refractivity contribution in [3.8, 4) is 0 Å². The molecule has 3 heterocycles. The van der Waals surface area contributed by atoms with Gasteiger partial charge in [-0.3, -0.25) is 9.47 Å². The molecular weight excluding hydrogens is 441 g/mol. The highest BCUT2D eigenvalue weighted by atomic mass is 35.5. The van der Waals surface area contributed by atoms with Crippen LogP contribution in [0.15, 0.2) is 44.9 Å². The predicted molar refractivity (Wildman–Crippen MR) is 126 cm³/mol. The number of piperazine rings is 1. The van der Waals surface area contributed by atoms with Crippen LogP contribution in [0.4, 0.5) is 5.69 Å². The Hall–Kier alpha value is -1.99. The van der Waals surface area contributed by atoms with Crippen molar-refractivity contribution in [1.29, 1.82) is 0 Å². The van der Waals surface area contributed by atoms with Gasteiger partial charge in [-0.15, -0.1) is 11.3 Å². The van der Waals surface area contributed by atoms with Gasteiger partial charge in [-0.1, -0.05) is 23.2 Å². The van der Waals surface area contributed by atoms with Crippen molar-refractivity contribution in [3.05, 3.63) is 61.9 Å². The van der Waals surface area contributed by atoms with E-state index < -0.39 is 0 Å². The topological polar surface area (TPSA) is 41.6 Å². The Morgan fingerprint density at radius 3 is 2.67 bits per heavy atom. The van der Waals surface area contributed by atoms with Crippen LogP contribution in [-0.2, 0) is 13.5 Å². The molecule has 0 bridgehead atoms. The first kappa shape index (κ1) is 19.9. The summed E-state index contributed by atoms with van der Waals surface area (Å²) in [6, 6.07) is 9.78. The molecule has 156 valence electrons. The van der Waals surface area contributed by atoms with Crippen molar-refractivity contribution in [3.63, 3.8) is 0 Å². The molecule has 8 heteroatoms. The summed E-state index contributed by atoms with van der Waals surface area (Å²) in [5.74, 6) is -0.366. The summed E-state index contributed by atoms with van der Waals surface area (Å²) in [4.78, 5) is 16.7. The summed E-state index contributed by atoms with van der Waals surface area (Å²) in [5, 5.41) is 4.92. The van der Waals surface area contributed by atoms with Gasteiger partial charge in [-0.05, 0) is 53.1 Å². The van der Waals surface area contributed by atoms with Crippen LogP contribution >= 0.6 is 34.5 Å². The van der Waals surface area contributed by atoms with Crippen molar-refractivity contribution in [2.45, 2.75) is 6.42 Å². The highest BCUT2D eigenvalue weighted by Gasteiger charge is 2.22. The van der Waals surface area contributed by atoms with Crippen molar-refractivity contribution in [1.82, 2.24) is 9.47 Å². The first-order chi connectivity index (χ1) is 14.5. The third-order valence-corrected chi connectivity index (χ3v) is 7.33. The van der Waals surface area contributed by atoms with Gasteiger partial charge < -0.3 is 9.32 Å². The Balaban J connectivity index is 1.28. The SMILES string of the molecule is Cn1c(=O)oc2c(N3CCN(CCc4csc5ccc(Cl)cc45)CC3)cc(Cl)cc21. The van der Waals surface area contributed by atoms with Crippen LogP contribution in [0, 0.1) is 0 Å². The van der Waals surface area contributed by atoms with E-state index in [1.165, 1.54) is 20.2 Å². The van der Waals surface area contributed by atoms with Crippen LogP contribution in [0.25, 0.3) is 21.2 Å². The van der Waals surface area contributed by atoms with Crippen LogP contribution in [-0.4, -0.2) is 42.2 Å². The first-order valence-electron chi connectivity index (χ1n) is 9.91. The monoisotopic (exact) mass is 461 g/mol. The number of anilines is 1. The number of hydrogen-bond acceptors (Lipinski definition) is 5. The van der Waals surface area contributed by atoms with Crippen LogP contribution in [0.1, 0.15) is 5.56 Å². The van der Waals surface area contributed by atoms with Crippen LogP contribution in [0.3, 0.4) is 0 Å². The molecular formula is C22H21Cl2N3O2S. The number of benzene rings is 2. The maximum Gasteiger partial charge on any atom is 0.419 e. The summed E-state index contributed by atoms with van der Waals surface area (Å²) in [5.41, 5.74) is 3.60. The Bertz CT molecular complexity index is 1290. The second-order valence-electron chi connectivity index (χ2n) is 7.68. The number of hydrogen-bond donors (Lipinski definition) is 0. The summed E-state index contributed by atoms with van der Waals surface area (Å²) < 4.78 is 8.28. The summed E-state index contributed by atoms with van der Waals surface area (Å²) in [7, 11) is 1.70. The fourth-order valence-electron chi connectivity index (χ4n) is 4.15. The molecule has 0 spiro atoms. The largest absolute Gasteiger partial charge is 0.419 e. The van der Waals surface area contributed by atoms with E-state index in [0.717, 1.165) is 55.4 Å². The Kier molecular flexibility index (Phi) is 5.27. The highest BCUT2D eigenvalue weighted by Crippen LogP contribution is 2.32. The molecule has 1 aliphatic heterocycles. The number of rotatable bonds is 4. The zero-order chi connectivity index (χ0) is 20.8. The fourth-order valence-corrected chi connectivity index (χ4v) is 5.50. The maximum atomic E-state index is 12.0. The fraction of sp³-hybridized carbons (Fsp3) is 0.318. The molecule has 0 aliphatic carbocycles. The normalized spacial score (nSPS) is 15.5. The lowest BCUT2D eigenvalue weighted by Crippen LogP contribution is -2.47. The molecule has 1 fully saturated rings. The van der Waals surface area contributed by atoms with Crippen LogP contribution in [0.5, 0.6) is 0 Å². The minimum Gasteiger partial charge on any atom is -0.405 e. The minimum atomic E-state index is -0.366. The molecule has 1 saturated heterocycles. The molecule has 1 aliphatic rings. The molecule has 5 rings (SSSR count). The second-order valence-corrected chi connectivity index (χ2v) is 9.46. The minimum absolute atomic E-state index is 0.366. The molecule has 4 aromatic rings. The Morgan fingerprint density at radius 1 is 1.07 bits per heavy atom. The van der Waals surface area contributed by atoms with E-state index in [1.807, 2.05) is 12.1 Å². The second kappa shape index (κ2) is 7.93. The van der Waals surface area contributed by atoms with Crippen LogP contribution in [0.2, 0.25) is 10.0 Å². The smallest absolute Gasteiger partial charge is 0.405 e. The molecule has 30 heavy (non-hydrogen) atoms. The van der Waals surface area contributed by atoms with Crippen molar-refractivity contribution < 1.29 is 4.42 Å². The number of aryl methyl sites for hydroxylation is 1. The molecule has 0 saturated carbocycles. The van der Waals surface area contributed by atoms with Gasteiger partial charge in [0, 0.05) is 54.5 Å². The summed E-state index contributed by atoms with van der Waals surface area (Å²) in [6.45, 7) is 4.65. The van der Waals surface area contributed by atoms with E-state index in [9.17, 15) is 4.79 Å². The number of nitrogens with zero attached hydrogens (tertiary/aromatic N) is 3. The van der Waals surface area contributed by atoms with E-state index in [4.69, 9.17) is 27.6 Å². The van der Waals surface area contributed by atoms with E-state index >= 15 is 0 Å². The molecule has 2 aromatic carbocycles. The Morgan fingerprint density at radius 2 is 1.87 bits per heavy atom.